The SMILES string of the molecule is CNC(C(C)=O)C1CC1N=C(N)N. The molecule has 0 aromatic heterocycles. The molecule has 0 spiro atoms. The van der Waals surface area contributed by atoms with Crippen molar-refractivity contribution in [3.05, 3.63) is 0 Å². The number of carbonyl (C=O) groups excluding carboxylic acids is 1. The Morgan fingerprint density at radius 1 is 1.62 bits per heavy atom. The zero-order valence-electron chi connectivity index (χ0n) is 7.95. The van der Waals surface area contributed by atoms with E-state index in [0.29, 0.717) is 0 Å². The summed E-state index contributed by atoms with van der Waals surface area (Å²) in [6.45, 7) is 1.58. The fraction of sp³-hybridized carbons (Fsp3) is 0.750. The first kappa shape index (κ1) is 9.98. The molecule has 13 heavy (non-hydrogen) atoms. The fourth-order valence-corrected chi connectivity index (χ4v) is 1.62. The predicted octanol–water partition coefficient (Wildman–Crippen LogP) is -1.17. The number of nitrogens with one attached hydrogen (secondary N) is 1. The lowest BCUT2D eigenvalue weighted by molar-refractivity contribution is -0.119. The lowest BCUT2D eigenvalue weighted by Gasteiger charge is -2.10. The standard InChI is InChI=1S/C8H16N4O/c1-4(13)7(11-2)5-3-6(5)12-8(9)10/h5-7,11H,3H2,1-2H3,(H4,9,10,12). The number of ketones is 1. The van der Waals surface area contributed by atoms with Crippen LogP contribution in [0, 0.1) is 5.92 Å². The maximum absolute atomic E-state index is 11.1. The lowest BCUT2D eigenvalue weighted by Crippen LogP contribution is -2.35. The molecule has 0 bridgehead atoms. The van der Waals surface area contributed by atoms with E-state index in [2.05, 4.69) is 10.3 Å². The van der Waals surface area contributed by atoms with Crippen molar-refractivity contribution in [2.45, 2.75) is 25.4 Å². The first-order valence-corrected chi connectivity index (χ1v) is 4.32. The number of rotatable bonds is 4. The van der Waals surface area contributed by atoms with Crippen molar-refractivity contribution in [3.8, 4) is 0 Å². The summed E-state index contributed by atoms with van der Waals surface area (Å²) >= 11 is 0. The highest BCUT2D eigenvalue weighted by atomic mass is 16.1. The van der Waals surface area contributed by atoms with Crippen molar-refractivity contribution < 1.29 is 4.79 Å². The Hall–Kier alpha value is -1.10. The van der Waals surface area contributed by atoms with Gasteiger partial charge in [0, 0.05) is 5.92 Å². The van der Waals surface area contributed by atoms with E-state index in [1.165, 1.54) is 0 Å². The minimum Gasteiger partial charge on any atom is -0.370 e. The topological polar surface area (TPSA) is 93.5 Å². The summed E-state index contributed by atoms with van der Waals surface area (Å²) in [4.78, 5) is 15.1. The molecule has 0 radical (unpaired) electrons. The van der Waals surface area contributed by atoms with Gasteiger partial charge in [-0.15, -0.1) is 0 Å². The second-order valence-electron chi connectivity index (χ2n) is 3.40. The number of Topliss-reactive ketones (excluding diaryl/α,β-unsaturated/α-hetero) is 1. The van der Waals surface area contributed by atoms with Gasteiger partial charge in [-0.1, -0.05) is 0 Å². The van der Waals surface area contributed by atoms with E-state index < -0.39 is 0 Å². The third-order valence-electron chi connectivity index (χ3n) is 2.30. The molecule has 1 saturated carbocycles. The molecule has 0 aromatic carbocycles. The smallest absolute Gasteiger partial charge is 0.186 e. The van der Waals surface area contributed by atoms with Crippen LogP contribution in [0.2, 0.25) is 0 Å². The summed E-state index contributed by atoms with van der Waals surface area (Å²) in [5, 5.41) is 2.97. The minimum atomic E-state index is -0.104. The van der Waals surface area contributed by atoms with Gasteiger partial charge in [-0.05, 0) is 20.4 Å². The van der Waals surface area contributed by atoms with Crippen LogP contribution in [0.25, 0.3) is 0 Å². The Labute approximate surface area is 77.6 Å². The van der Waals surface area contributed by atoms with Gasteiger partial charge in [-0.3, -0.25) is 4.79 Å². The number of likely N-dealkylation sites (N-methyl/N-ethyl adjacent to an activating group) is 1. The van der Waals surface area contributed by atoms with E-state index in [-0.39, 0.29) is 29.7 Å². The van der Waals surface area contributed by atoms with Crippen molar-refractivity contribution >= 4 is 11.7 Å². The zero-order valence-corrected chi connectivity index (χ0v) is 7.95. The fourth-order valence-electron chi connectivity index (χ4n) is 1.62. The Kier molecular flexibility index (Phi) is 2.87. The van der Waals surface area contributed by atoms with Crippen molar-refractivity contribution in [2.75, 3.05) is 7.05 Å². The van der Waals surface area contributed by atoms with Crippen molar-refractivity contribution in [1.29, 1.82) is 0 Å². The van der Waals surface area contributed by atoms with Crippen LogP contribution >= 0.6 is 0 Å². The summed E-state index contributed by atoms with van der Waals surface area (Å²) < 4.78 is 0. The molecule has 5 nitrogen and oxygen atoms in total. The van der Waals surface area contributed by atoms with Gasteiger partial charge in [-0.2, -0.15) is 0 Å². The number of hydrogen-bond acceptors (Lipinski definition) is 3. The van der Waals surface area contributed by atoms with Gasteiger partial charge < -0.3 is 16.8 Å². The van der Waals surface area contributed by atoms with Gasteiger partial charge in [0.05, 0.1) is 12.1 Å². The van der Waals surface area contributed by atoms with E-state index in [4.69, 9.17) is 11.5 Å². The maximum atomic E-state index is 11.1. The Balaban J connectivity index is 2.49. The molecule has 1 rings (SSSR count). The molecule has 1 aliphatic carbocycles. The number of hydrogen-bond donors (Lipinski definition) is 3. The predicted molar refractivity (Wildman–Crippen MR) is 51.2 cm³/mol. The summed E-state index contributed by atoms with van der Waals surface area (Å²) in [5.41, 5.74) is 10.5. The number of guanidine groups is 1. The molecular formula is C8H16N4O. The highest BCUT2D eigenvalue weighted by Crippen LogP contribution is 2.36. The van der Waals surface area contributed by atoms with Crippen molar-refractivity contribution in [3.63, 3.8) is 0 Å². The monoisotopic (exact) mass is 184 g/mol. The molecule has 3 atom stereocenters. The Morgan fingerprint density at radius 2 is 2.23 bits per heavy atom. The summed E-state index contributed by atoms with van der Waals surface area (Å²) in [7, 11) is 1.77. The van der Waals surface area contributed by atoms with Gasteiger partial charge in [0.1, 0.15) is 5.78 Å². The molecule has 0 saturated heterocycles. The minimum absolute atomic E-state index is 0.103. The maximum Gasteiger partial charge on any atom is 0.186 e. The van der Waals surface area contributed by atoms with Crippen LogP contribution < -0.4 is 16.8 Å². The summed E-state index contributed by atoms with van der Waals surface area (Å²) in [5.74, 6) is 0.510. The summed E-state index contributed by atoms with van der Waals surface area (Å²) in [6, 6.07) is 0.0273. The molecule has 5 heteroatoms. The molecule has 1 aliphatic rings. The van der Waals surface area contributed by atoms with Crippen LogP contribution in [0.15, 0.2) is 4.99 Å². The number of aliphatic imine (C=N–C) groups is 1. The quantitative estimate of drug-likeness (QED) is 0.379. The first-order chi connectivity index (χ1) is 6.06. The van der Waals surface area contributed by atoms with Crippen LogP contribution in [0.5, 0.6) is 0 Å². The lowest BCUT2D eigenvalue weighted by atomic mass is 10.1. The third-order valence-corrected chi connectivity index (χ3v) is 2.30. The van der Waals surface area contributed by atoms with Crippen LogP contribution in [0.1, 0.15) is 13.3 Å². The highest BCUT2D eigenvalue weighted by Gasteiger charge is 2.44. The largest absolute Gasteiger partial charge is 0.370 e. The third kappa shape index (κ3) is 2.42. The zero-order chi connectivity index (χ0) is 10.0. The Morgan fingerprint density at radius 3 is 2.62 bits per heavy atom. The van der Waals surface area contributed by atoms with Gasteiger partial charge in [0.25, 0.3) is 0 Å². The molecule has 5 N–H and O–H groups in total. The van der Waals surface area contributed by atoms with E-state index in [0.717, 1.165) is 6.42 Å². The molecule has 0 heterocycles. The molecule has 0 aliphatic heterocycles. The van der Waals surface area contributed by atoms with Gasteiger partial charge in [0.15, 0.2) is 5.96 Å². The average Bonchev–Trinajstić information content (AvgIpc) is 2.67. The van der Waals surface area contributed by atoms with E-state index in [1.54, 1.807) is 14.0 Å². The molecule has 3 unspecified atom stereocenters. The van der Waals surface area contributed by atoms with Gasteiger partial charge in [0.2, 0.25) is 0 Å². The summed E-state index contributed by atoms with van der Waals surface area (Å²) in [6.07, 6.45) is 0.892. The van der Waals surface area contributed by atoms with E-state index in [9.17, 15) is 4.79 Å². The normalized spacial score (nSPS) is 27.8. The second-order valence-corrected chi connectivity index (χ2v) is 3.40. The molecule has 74 valence electrons. The van der Waals surface area contributed by atoms with Crippen LogP contribution in [-0.4, -0.2) is 30.9 Å². The van der Waals surface area contributed by atoms with Crippen LogP contribution in [0.3, 0.4) is 0 Å². The highest BCUT2D eigenvalue weighted by molar-refractivity contribution is 5.82. The van der Waals surface area contributed by atoms with E-state index in [1.807, 2.05) is 0 Å². The van der Waals surface area contributed by atoms with Crippen LogP contribution in [-0.2, 0) is 4.79 Å². The molecular weight excluding hydrogens is 168 g/mol. The van der Waals surface area contributed by atoms with E-state index >= 15 is 0 Å². The molecule has 0 aromatic rings. The van der Waals surface area contributed by atoms with Crippen molar-refractivity contribution in [2.24, 2.45) is 22.4 Å². The molecule has 1 fully saturated rings. The van der Waals surface area contributed by atoms with Gasteiger partial charge >= 0.3 is 0 Å². The number of nitrogens with zero attached hydrogens (tertiary/aromatic N) is 1. The average molecular weight is 184 g/mol. The van der Waals surface area contributed by atoms with Gasteiger partial charge in [-0.25, -0.2) is 4.99 Å². The molecule has 0 amide bonds. The second kappa shape index (κ2) is 3.74. The number of carbonyl (C=O) groups is 1. The Bertz CT molecular complexity index is 234. The first-order valence-electron chi connectivity index (χ1n) is 4.32. The number of nitrogens with two attached hydrogens (primary N) is 2. The van der Waals surface area contributed by atoms with Crippen LogP contribution in [0.4, 0.5) is 0 Å². The van der Waals surface area contributed by atoms with Crippen molar-refractivity contribution in [1.82, 2.24) is 5.32 Å².